The van der Waals surface area contributed by atoms with Crippen molar-refractivity contribution in [2.45, 2.75) is 64.4 Å². The lowest BCUT2D eigenvalue weighted by molar-refractivity contribution is -0.0593. The molecule has 20 heavy (non-hydrogen) atoms. The van der Waals surface area contributed by atoms with Crippen molar-refractivity contribution in [2.24, 2.45) is 0 Å². The standard InChI is InChI=1S/C16H26N2O2/c1-3-15-11-20-12(2)9-18(15)10-13-6-7-19-16(13)8-17-14-4-5-14/h6-7,12,14-15,17H,3-5,8-11H2,1-2H3. The summed E-state index contributed by atoms with van der Waals surface area (Å²) in [6.07, 6.45) is 5.92. The van der Waals surface area contributed by atoms with Crippen LogP contribution in [0.5, 0.6) is 0 Å². The second kappa shape index (κ2) is 6.29. The van der Waals surface area contributed by atoms with Crippen molar-refractivity contribution in [3.63, 3.8) is 0 Å². The zero-order chi connectivity index (χ0) is 13.9. The van der Waals surface area contributed by atoms with E-state index in [4.69, 9.17) is 9.15 Å². The highest BCUT2D eigenvalue weighted by atomic mass is 16.5. The van der Waals surface area contributed by atoms with E-state index in [-0.39, 0.29) is 0 Å². The zero-order valence-corrected chi connectivity index (χ0v) is 12.6. The average molecular weight is 278 g/mol. The first-order valence-electron chi connectivity index (χ1n) is 7.90. The quantitative estimate of drug-likeness (QED) is 0.867. The second-order valence-corrected chi connectivity index (χ2v) is 6.16. The van der Waals surface area contributed by atoms with Gasteiger partial charge in [0.2, 0.25) is 0 Å². The third kappa shape index (κ3) is 3.43. The van der Waals surface area contributed by atoms with Gasteiger partial charge in [-0.05, 0) is 32.3 Å². The van der Waals surface area contributed by atoms with Crippen molar-refractivity contribution >= 4 is 0 Å². The van der Waals surface area contributed by atoms with Crippen LogP contribution in [0.2, 0.25) is 0 Å². The van der Waals surface area contributed by atoms with E-state index in [0.29, 0.717) is 12.1 Å². The Morgan fingerprint density at radius 3 is 3.00 bits per heavy atom. The summed E-state index contributed by atoms with van der Waals surface area (Å²) < 4.78 is 11.4. The zero-order valence-electron chi connectivity index (χ0n) is 12.6. The summed E-state index contributed by atoms with van der Waals surface area (Å²) in [5, 5.41) is 3.53. The normalized spacial score (nSPS) is 27.9. The number of hydrogen-bond acceptors (Lipinski definition) is 4. The molecular formula is C16H26N2O2. The Kier molecular flexibility index (Phi) is 4.44. The van der Waals surface area contributed by atoms with Crippen LogP contribution in [-0.2, 0) is 17.8 Å². The molecule has 2 heterocycles. The van der Waals surface area contributed by atoms with Crippen LogP contribution in [0, 0.1) is 0 Å². The number of nitrogens with one attached hydrogen (secondary N) is 1. The van der Waals surface area contributed by atoms with Crippen molar-refractivity contribution in [3.8, 4) is 0 Å². The number of rotatable bonds is 6. The van der Waals surface area contributed by atoms with Gasteiger partial charge in [-0.2, -0.15) is 0 Å². The summed E-state index contributed by atoms with van der Waals surface area (Å²) in [4.78, 5) is 2.54. The van der Waals surface area contributed by atoms with Gasteiger partial charge in [0.1, 0.15) is 5.76 Å². The van der Waals surface area contributed by atoms with Crippen LogP contribution in [0.3, 0.4) is 0 Å². The molecule has 0 radical (unpaired) electrons. The molecule has 1 aliphatic carbocycles. The Balaban J connectivity index is 1.61. The third-order valence-electron chi connectivity index (χ3n) is 4.39. The van der Waals surface area contributed by atoms with Crippen molar-refractivity contribution in [1.29, 1.82) is 0 Å². The molecule has 2 atom stereocenters. The minimum Gasteiger partial charge on any atom is -0.468 e. The van der Waals surface area contributed by atoms with E-state index >= 15 is 0 Å². The first-order chi connectivity index (χ1) is 9.76. The number of morpholine rings is 1. The average Bonchev–Trinajstić information content (AvgIpc) is 3.17. The predicted octanol–water partition coefficient (Wildman–Crippen LogP) is 2.53. The van der Waals surface area contributed by atoms with Crippen LogP contribution >= 0.6 is 0 Å². The van der Waals surface area contributed by atoms with E-state index in [1.807, 2.05) is 6.26 Å². The number of ether oxygens (including phenoxy) is 1. The molecular weight excluding hydrogens is 252 g/mol. The Morgan fingerprint density at radius 2 is 2.25 bits per heavy atom. The highest BCUT2D eigenvalue weighted by Crippen LogP contribution is 2.22. The first-order valence-corrected chi connectivity index (χ1v) is 7.90. The van der Waals surface area contributed by atoms with Gasteiger partial charge in [0, 0.05) is 30.7 Å². The third-order valence-corrected chi connectivity index (χ3v) is 4.39. The number of nitrogens with zero attached hydrogens (tertiary/aromatic N) is 1. The van der Waals surface area contributed by atoms with Gasteiger partial charge in [0.05, 0.1) is 25.5 Å². The second-order valence-electron chi connectivity index (χ2n) is 6.16. The lowest BCUT2D eigenvalue weighted by Crippen LogP contribution is -2.47. The molecule has 2 fully saturated rings. The molecule has 0 spiro atoms. The number of furan rings is 1. The summed E-state index contributed by atoms with van der Waals surface area (Å²) >= 11 is 0. The lowest BCUT2D eigenvalue weighted by Gasteiger charge is -2.38. The molecule has 0 aromatic carbocycles. The van der Waals surface area contributed by atoms with Gasteiger partial charge in [-0.25, -0.2) is 0 Å². The largest absolute Gasteiger partial charge is 0.468 e. The van der Waals surface area contributed by atoms with E-state index < -0.39 is 0 Å². The SMILES string of the molecule is CCC1COC(C)CN1Cc1ccoc1CNC1CC1. The maximum Gasteiger partial charge on any atom is 0.122 e. The van der Waals surface area contributed by atoms with Gasteiger partial charge in [-0.1, -0.05) is 6.92 Å². The van der Waals surface area contributed by atoms with E-state index in [9.17, 15) is 0 Å². The van der Waals surface area contributed by atoms with Crippen molar-refractivity contribution in [1.82, 2.24) is 10.2 Å². The smallest absolute Gasteiger partial charge is 0.122 e. The number of hydrogen-bond donors (Lipinski definition) is 1. The minimum atomic E-state index is 0.331. The van der Waals surface area contributed by atoms with Gasteiger partial charge < -0.3 is 14.5 Å². The van der Waals surface area contributed by atoms with E-state index in [0.717, 1.165) is 44.5 Å². The molecule has 4 nitrogen and oxygen atoms in total. The highest BCUT2D eigenvalue weighted by molar-refractivity contribution is 5.17. The Labute approximate surface area is 121 Å². The van der Waals surface area contributed by atoms with Crippen LogP contribution in [0.4, 0.5) is 0 Å². The maximum absolute atomic E-state index is 5.77. The van der Waals surface area contributed by atoms with Gasteiger partial charge in [0.25, 0.3) is 0 Å². The van der Waals surface area contributed by atoms with Gasteiger partial charge in [-0.15, -0.1) is 0 Å². The molecule has 3 rings (SSSR count). The molecule has 1 saturated carbocycles. The van der Waals surface area contributed by atoms with Crippen LogP contribution in [0.25, 0.3) is 0 Å². The summed E-state index contributed by atoms with van der Waals surface area (Å²) in [5.41, 5.74) is 1.32. The molecule has 1 N–H and O–H groups in total. The maximum atomic E-state index is 5.77. The Hall–Kier alpha value is -0.840. The van der Waals surface area contributed by atoms with E-state index in [2.05, 4.69) is 30.1 Å². The molecule has 1 aliphatic heterocycles. The molecule has 0 bridgehead atoms. The summed E-state index contributed by atoms with van der Waals surface area (Å²) in [6, 6.07) is 3.38. The van der Waals surface area contributed by atoms with Crippen LogP contribution < -0.4 is 5.32 Å². The molecule has 4 heteroatoms. The van der Waals surface area contributed by atoms with Gasteiger partial charge >= 0.3 is 0 Å². The van der Waals surface area contributed by atoms with Crippen molar-refractivity contribution in [3.05, 3.63) is 23.7 Å². The van der Waals surface area contributed by atoms with Crippen molar-refractivity contribution in [2.75, 3.05) is 13.2 Å². The molecule has 1 aromatic rings. The Bertz CT molecular complexity index is 428. The fourth-order valence-corrected chi connectivity index (χ4v) is 2.89. The van der Waals surface area contributed by atoms with Crippen LogP contribution in [0.15, 0.2) is 16.7 Å². The lowest BCUT2D eigenvalue weighted by atomic mass is 10.1. The topological polar surface area (TPSA) is 37.6 Å². The molecule has 1 saturated heterocycles. The molecule has 0 amide bonds. The van der Waals surface area contributed by atoms with Crippen LogP contribution in [-0.4, -0.2) is 36.2 Å². The fraction of sp³-hybridized carbons (Fsp3) is 0.750. The molecule has 1 aromatic heterocycles. The Morgan fingerprint density at radius 1 is 1.40 bits per heavy atom. The van der Waals surface area contributed by atoms with Crippen LogP contribution in [0.1, 0.15) is 44.4 Å². The predicted molar refractivity (Wildman–Crippen MR) is 78.5 cm³/mol. The molecule has 2 unspecified atom stereocenters. The van der Waals surface area contributed by atoms with E-state index in [1.54, 1.807) is 0 Å². The fourth-order valence-electron chi connectivity index (χ4n) is 2.89. The highest BCUT2D eigenvalue weighted by Gasteiger charge is 2.27. The van der Waals surface area contributed by atoms with E-state index in [1.165, 1.54) is 18.4 Å². The first kappa shape index (κ1) is 14.1. The summed E-state index contributed by atoms with van der Waals surface area (Å²) in [6.45, 7) is 8.10. The van der Waals surface area contributed by atoms with Crippen molar-refractivity contribution < 1.29 is 9.15 Å². The van der Waals surface area contributed by atoms with Gasteiger partial charge in [-0.3, -0.25) is 4.90 Å². The summed E-state index contributed by atoms with van der Waals surface area (Å²) in [7, 11) is 0. The monoisotopic (exact) mass is 278 g/mol. The molecule has 2 aliphatic rings. The minimum absolute atomic E-state index is 0.331. The molecule has 112 valence electrons. The van der Waals surface area contributed by atoms with Gasteiger partial charge in [0.15, 0.2) is 0 Å². The summed E-state index contributed by atoms with van der Waals surface area (Å²) in [5.74, 6) is 1.10.